The van der Waals surface area contributed by atoms with Gasteiger partial charge in [0.05, 0.1) is 52.3 Å². The minimum atomic E-state index is -2.29. The highest BCUT2D eigenvalue weighted by molar-refractivity contribution is 5.74. The molecule has 3 amide bonds. The van der Waals surface area contributed by atoms with Crippen LogP contribution in [0.1, 0.15) is 20.8 Å². The molecule has 5 fully saturated rings. The van der Waals surface area contributed by atoms with Gasteiger partial charge in [-0.2, -0.15) is 0 Å². The van der Waals surface area contributed by atoms with Crippen molar-refractivity contribution in [2.45, 2.75) is 199 Å². The highest BCUT2D eigenvalue weighted by atomic mass is 16.8. The third-order valence-electron chi connectivity index (χ3n) is 13.3. The Morgan fingerprint density at radius 3 is 1.13 bits per heavy atom. The minimum Gasteiger partial charge on any atom is -0.394 e. The van der Waals surface area contributed by atoms with E-state index in [-0.39, 0.29) is 0 Å². The molecular formula is C42H73N3O31. The van der Waals surface area contributed by atoms with Crippen molar-refractivity contribution in [3.8, 4) is 0 Å². The Morgan fingerprint density at radius 1 is 0.421 bits per heavy atom. The number of amides is 3. The second-order valence-electron chi connectivity index (χ2n) is 18.7. The molecule has 34 nitrogen and oxygen atoms in total. The molecular weight excluding hydrogens is 1040 g/mol. The lowest BCUT2D eigenvalue weighted by Crippen LogP contribution is -2.71. The number of ether oxygens (including phenoxy) is 10. The van der Waals surface area contributed by atoms with Crippen molar-refractivity contribution in [3.05, 3.63) is 0 Å². The van der Waals surface area contributed by atoms with E-state index in [1.807, 2.05) is 0 Å². The van der Waals surface area contributed by atoms with E-state index in [0.717, 1.165) is 20.8 Å². The van der Waals surface area contributed by atoms with Crippen LogP contribution >= 0.6 is 0 Å². The van der Waals surface area contributed by atoms with Gasteiger partial charge in [-0.25, -0.2) is 0 Å². The lowest BCUT2D eigenvalue weighted by Gasteiger charge is -2.51. The third-order valence-corrected chi connectivity index (χ3v) is 13.3. The summed E-state index contributed by atoms with van der Waals surface area (Å²) in [5.74, 6) is -2.54. The van der Waals surface area contributed by atoms with Crippen molar-refractivity contribution in [1.82, 2.24) is 16.0 Å². The van der Waals surface area contributed by atoms with Gasteiger partial charge < -0.3 is 155 Å². The van der Waals surface area contributed by atoms with E-state index < -0.39 is 242 Å². The van der Waals surface area contributed by atoms with Crippen LogP contribution in [0.15, 0.2) is 0 Å². The summed E-state index contributed by atoms with van der Waals surface area (Å²) in [5, 5.41) is 200. The molecule has 29 atom stereocenters. The lowest BCUT2D eigenvalue weighted by molar-refractivity contribution is -0.382. The number of nitrogens with one attached hydrogen (secondary N) is 3. The molecule has 0 bridgehead atoms. The average molecular weight is 1120 g/mol. The van der Waals surface area contributed by atoms with E-state index in [1.165, 1.54) is 0 Å². The van der Waals surface area contributed by atoms with Gasteiger partial charge in [0.2, 0.25) is 17.7 Å². The molecule has 5 aliphatic rings. The van der Waals surface area contributed by atoms with Crippen LogP contribution in [0.5, 0.6) is 0 Å². The van der Waals surface area contributed by atoms with Crippen molar-refractivity contribution in [2.24, 2.45) is 0 Å². The lowest BCUT2D eigenvalue weighted by atomic mass is 9.93. The second-order valence-corrected chi connectivity index (χ2v) is 18.7. The minimum absolute atomic E-state index is 0.775. The number of carbonyl (C=O) groups is 3. The summed E-state index contributed by atoms with van der Waals surface area (Å²) >= 11 is 0. The molecule has 0 aromatic rings. The SMILES string of the molecule is CC(=O)NC(CO)C(OC1OC(CO)C(O)C(OC2OC(CO)C(O)C(OC3OC(CO)C(O)C(OC4OC(CO)C(O)C(OC5OC(CO)C(O)C(O)C5O)C4NC(C)=O)C3O)C2NC(C)=O)C1O)C(O)C(O)CO. The van der Waals surface area contributed by atoms with Crippen molar-refractivity contribution in [2.75, 3.05) is 46.2 Å². The summed E-state index contributed by atoms with van der Waals surface area (Å²) in [6.45, 7) is -4.13. The molecule has 5 rings (SSSR count). The molecule has 29 unspecified atom stereocenters. The topological polar surface area (TPSA) is 544 Å². The average Bonchev–Trinajstić information content (AvgIpc) is 3.38. The Labute approximate surface area is 431 Å². The molecule has 5 aliphatic heterocycles. The zero-order chi connectivity index (χ0) is 56.6. The van der Waals surface area contributed by atoms with Crippen LogP contribution in [0.2, 0.25) is 0 Å². The van der Waals surface area contributed by atoms with Crippen molar-refractivity contribution in [3.63, 3.8) is 0 Å². The van der Waals surface area contributed by atoms with Gasteiger partial charge in [0.25, 0.3) is 0 Å². The normalized spacial score (nSPS) is 43.8. The maximum Gasteiger partial charge on any atom is 0.217 e. The van der Waals surface area contributed by atoms with Gasteiger partial charge in [0, 0.05) is 20.8 Å². The Morgan fingerprint density at radius 2 is 0.763 bits per heavy atom. The van der Waals surface area contributed by atoms with Crippen molar-refractivity contribution >= 4 is 17.7 Å². The number of aliphatic hydroxyl groups excluding tert-OH is 18. The molecule has 5 saturated heterocycles. The van der Waals surface area contributed by atoms with Gasteiger partial charge >= 0.3 is 0 Å². The molecule has 21 N–H and O–H groups in total. The van der Waals surface area contributed by atoms with Crippen molar-refractivity contribution in [1.29, 1.82) is 0 Å². The molecule has 0 aliphatic carbocycles. The van der Waals surface area contributed by atoms with E-state index in [9.17, 15) is 106 Å². The maximum absolute atomic E-state index is 12.8. The first-order chi connectivity index (χ1) is 35.9. The predicted molar refractivity (Wildman–Crippen MR) is 236 cm³/mol. The standard InChI is InChI=1S/C42H73N3O31/c1-11(53)43-14(4-46)33(23(57)15(56)5-47)72-41-31(65)36(27(61)19(9-51)70-41)75-39-22(45-13(3)55)35(26(60)18(8-50)68-39)74-42-32(66)37(28(62)20(10-52)71-42)76-38-21(44-12(2)54)34(25(59)17(7-49)67-38)73-40-30(64)29(63)24(58)16(6-48)69-40/h14-42,46-52,56-66H,4-10H2,1-3H3,(H,43,53)(H,44,54)(H,45,55). The summed E-state index contributed by atoms with van der Waals surface area (Å²) in [7, 11) is 0. The fourth-order valence-electron chi connectivity index (χ4n) is 9.31. The van der Waals surface area contributed by atoms with Crippen LogP contribution in [0, 0.1) is 0 Å². The number of hydrogen-bond donors (Lipinski definition) is 21. The Balaban J connectivity index is 1.46. The van der Waals surface area contributed by atoms with E-state index >= 15 is 0 Å². The summed E-state index contributed by atoms with van der Waals surface area (Å²) < 4.78 is 57.8. The summed E-state index contributed by atoms with van der Waals surface area (Å²) in [4.78, 5) is 37.5. The fraction of sp³-hybridized carbons (Fsp3) is 0.929. The van der Waals surface area contributed by atoms with Gasteiger partial charge in [0.1, 0.15) is 140 Å². The zero-order valence-electron chi connectivity index (χ0n) is 41.0. The molecule has 0 aromatic carbocycles. The molecule has 0 radical (unpaired) electrons. The van der Waals surface area contributed by atoms with Crippen LogP contribution in [0.3, 0.4) is 0 Å². The van der Waals surface area contributed by atoms with E-state index in [4.69, 9.17) is 47.4 Å². The van der Waals surface area contributed by atoms with Gasteiger partial charge in [-0.3, -0.25) is 14.4 Å². The number of carbonyl (C=O) groups excluding carboxylic acids is 3. The molecule has 0 saturated carbocycles. The predicted octanol–water partition coefficient (Wildman–Crippen LogP) is -14.0. The van der Waals surface area contributed by atoms with Crippen LogP contribution in [-0.4, -0.2) is 334 Å². The molecule has 34 heteroatoms. The molecule has 76 heavy (non-hydrogen) atoms. The first-order valence-electron chi connectivity index (χ1n) is 24.0. The largest absolute Gasteiger partial charge is 0.394 e. The highest BCUT2D eigenvalue weighted by Gasteiger charge is 2.58. The smallest absolute Gasteiger partial charge is 0.217 e. The summed E-state index contributed by atoms with van der Waals surface area (Å²) in [5.41, 5.74) is 0. The fourth-order valence-corrected chi connectivity index (χ4v) is 9.31. The molecule has 442 valence electrons. The van der Waals surface area contributed by atoms with Crippen LogP contribution in [0.25, 0.3) is 0 Å². The van der Waals surface area contributed by atoms with Crippen LogP contribution < -0.4 is 16.0 Å². The zero-order valence-corrected chi connectivity index (χ0v) is 41.0. The summed E-state index contributed by atoms with van der Waals surface area (Å²) in [6, 6.07) is -5.18. The maximum atomic E-state index is 12.8. The number of aliphatic hydroxyl groups is 18. The summed E-state index contributed by atoms with van der Waals surface area (Å²) in [6.07, 6.45) is -51.4. The molecule has 0 spiro atoms. The molecule has 5 heterocycles. The third kappa shape index (κ3) is 14.6. The van der Waals surface area contributed by atoms with Crippen molar-refractivity contribution < 1.29 is 154 Å². The Hall–Kier alpha value is -2.71. The van der Waals surface area contributed by atoms with E-state index in [1.54, 1.807) is 0 Å². The van der Waals surface area contributed by atoms with Gasteiger partial charge in [-0.15, -0.1) is 0 Å². The van der Waals surface area contributed by atoms with E-state index in [0.29, 0.717) is 0 Å². The quantitative estimate of drug-likeness (QED) is 0.0452. The van der Waals surface area contributed by atoms with Gasteiger partial charge in [-0.05, 0) is 0 Å². The van der Waals surface area contributed by atoms with Gasteiger partial charge in [-0.1, -0.05) is 0 Å². The number of rotatable bonds is 23. The monoisotopic (exact) mass is 1120 g/mol. The van der Waals surface area contributed by atoms with Crippen LogP contribution in [-0.2, 0) is 61.8 Å². The highest BCUT2D eigenvalue weighted by Crippen LogP contribution is 2.36. The Bertz CT molecular complexity index is 1820. The second kappa shape index (κ2) is 28.6. The van der Waals surface area contributed by atoms with Crippen LogP contribution in [0.4, 0.5) is 0 Å². The first-order valence-corrected chi connectivity index (χ1v) is 24.0. The number of hydrogen-bond acceptors (Lipinski definition) is 31. The first kappa shape index (κ1) is 64.1. The van der Waals surface area contributed by atoms with Gasteiger partial charge in [0.15, 0.2) is 31.5 Å². The van der Waals surface area contributed by atoms with E-state index in [2.05, 4.69) is 16.0 Å². The Kier molecular flexibility index (Phi) is 24.1. The molecule has 0 aromatic heterocycles.